The van der Waals surface area contributed by atoms with Gasteiger partial charge in [-0.15, -0.1) is 0 Å². The Hall–Kier alpha value is -2.86. The number of ketones is 1. The number of hydrogen-bond acceptors (Lipinski definition) is 5. The van der Waals surface area contributed by atoms with E-state index in [1.54, 1.807) is 12.1 Å². The van der Waals surface area contributed by atoms with Gasteiger partial charge in [-0.1, -0.05) is 47.7 Å². The molecule has 5 nitrogen and oxygen atoms in total. The number of benzene rings is 1. The van der Waals surface area contributed by atoms with E-state index in [1.165, 1.54) is 18.3 Å². The van der Waals surface area contributed by atoms with E-state index in [-0.39, 0.29) is 11.7 Å². The molecular formula is C18H15N3O2S. The van der Waals surface area contributed by atoms with Gasteiger partial charge in [-0.3, -0.25) is 14.9 Å². The highest BCUT2D eigenvalue weighted by Gasteiger charge is 2.18. The molecule has 120 valence electrons. The number of Topliss-reactive ketones (excluding diaryl/α,β-unsaturated/α-hetero) is 1. The minimum Gasteiger partial charge on any atom is -0.296 e. The molecule has 6 heteroatoms. The first-order chi connectivity index (χ1) is 11.5. The van der Waals surface area contributed by atoms with Crippen LogP contribution in [0.1, 0.15) is 32.8 Å². The molecule has 1 aromatic carbocycles. The molecule has 3 aromatic rings. The van der Waals surface area contributed by atoms with Crippen molar-refractivity contribution in [3.8, 4) is 11.3 Å². The number of carbonyl (C=O) groups excluding carboxylic acids is 2. The summed E-state index contributed by atoms with van der Waals surface area (Å²) in [6.45, 7) is 3.31. The van der Waals surface area contributed by atoms with Crippen LogP contribution in [0.4, 0.5) is 5.13 Å². The van der Waals surface area contributed by atoms with Gasteiger partial charge in [-0.2, -0.15) is 0 Å². The van der Waals surface area contributed by atoms with Crippen molar-refractivity contribution < 1.29 is 9.59 Å². The summed E-state index contributed by atoms with van der Waals surface area (Å²) < 4.78 is 0. The van der Waals surface area contributed by atoms with E-state index in [4.69, 9.17) is 0 Å². The number of hydrogen-bond donors (Lipinski definition) is 1. The molecule has 1 N–H and O–H groups in total. The maximum absolute atomic E-state index is 12.3. The van der Waals surface area contributed by atoms with Gasteiger partial charge in [0.25, 0.3) is 5.91 Å². The molecule has 0 fully saturated rings. The number of thiazole rings is 1. The summed E-state index contributed by atoms with van der Waals surface area (Å²) >= 11 is 1.17. The Labute approximate surface area is 143 Å². The fourth-order valence-electron chi connectivity index (χ4n) is 2.23. The maximum atomic E-state index is 12.3. The summed E-state index contributed by atoms with van der Waals surface area (Å²) in [5, 5.41) is 3.11. The predicted octanol–water partition coefficient (Wildman–Crippen LogP) is 3.97. The van der Waals surface area contributed by atoms with E-state index in [0.717, 1.165) is 11.3 Å². The van der Waals surface area contributed by atoms with Crippen LogP contribution in [0.25, 0.3) is 11.3 Å². The topological polar surface area (TPSA) is 72.0 Å². The van der Waals surface area contributed by atoms with Crippen molar-refractivity contribution in [2.75, 3.05) is 5.32 Å². The zero-order valence-corrected chi connectivity index (χ0v) is 14.1. The normalized spacial score (nSPS) is 10.4. The molecule has 24 heavy (non-hydrogen) atoms. The summed E-state index contributed by atoms with van der Waals surface area (Å²) in [5.41, 5.74) is 2.50. The molecule has 0 unspecified atom stereocenters. The molecule has 0 saturated heterocycles. The van der Waals surface area contributed by atoms with Gasteiger partial charge in [0.15, 0.2) is 10.9 Å². The lowest BCUT2D eigenvalue weighted by molar-refractivity contribution is 0.101. The minimum atomic E-state index is -0.345. The van der Waals surface area contributed by atoms with E-state index < -0.39 is 0 Å². The van der Waals surface area contributed by atoms with E-state index in [1.807, 2.05) is 43.3 Å². The lowest BCUT2D eigenvalue weighted by atomic mass is 10.1. The van der Waals surface area contributed by atoms with Crippen LogP contribution in [-0.4, -0.2) is 21.7 Å². The smallest absolute Gasteiger partial charge is 0.276 e. The van der Waals surface area contributed by atoms with Gasteiger partial charge in [0, 0.05) is 18.2 Å². The van der Waals surface area contributed by atoms with Gasteiger partial charge < -0.3 is 0 Å². The van der Waals surface area contributed by atoms with Crippen LogP contribution in [0.2, 0.25) is 0 Å². The molecule has 0 spiro atoms. The van der Waals surface area contributed by atoms with E-state index >= 15 is 0 Å². The molecular weight excluding hydrogens is 322 g/mol. The number of aryl methyl sites for hydroxylation is 1. The number of carbonyl (C=O) groups is 2. The summed E-state index contributed by atoms with van der Waals surface area (Å²) in [5.74, 6) is -0.428. The SMILES string of the molecule is CC(=O)c1sc(NC(=O)c2cccc(C)n2)nc1-c1ccccc1. The number of nitrogens with zero attached hydrogens (tertiary/aromatic N) is 2. The first-order valence-electron chi connectivity index (χ1n) is 7.37. The minimum absolute atomic E-state index is 0.0828. The molecule has 0 saturated carbocycles. The third-order valence-corrected chi connectivity index (χ3v) is 4.41. The van der Waals surface area contributed by atoms with Crippen molar-refractivity contribution in [1.82, 2.24) is 9.97 Å². The average molecular weight is 337 g/mol. The van der Waals surface area contributed by atoms with Crippen molar-refractivity contribution in [3.63, 3.8) is 0 Å². The number of nitrogens with one attached hydrogen (secondary N) is 1. The van der Waals surface area contributed by atoms with Crippen molar-refractivity contribution in [3.05, 3.63) is 64.8 Å². The number of anilines is 1. The van der Waals surface area contributed by atoms with Crippen LogP contribution in [0.5, 0.6) is 0 Å². The van der Waals surface area contributed by atoms with Crippen molar-refractivity contribution >= 4 is 28.2 Å². The summed E-state index contributed by atoms with van der Waals surface area (Å²) in [6.07, 6.45) is 0. The molecule has 1 amide bonds. The third kappa shape index (κ3) is 3.38. The third-order valence-electron chi connectivity index (χ3n) is 3.34. The maximum Gasteiger partial charge on any atom is 0.276 e. The van der Waals surface area contributed by atoms with Crippen LogP contribution in [0, 0.1) is 6.92 Å². The molecule has 2 heterocycles. The van der Waals surface area contributed by atoms with Gasteiger partial charge in [0.1, 0.15) is 5.69 Å². The van der Waals surface area contributed by atoms with Crippen LogP contribution in [0.3, 0.4) is 0 Å². The molecule has 0 aliphatic rings. The van der Waals surface area contributed by atoms with Crippen LogP contribution >= 0.6 is 11.3 Å². The van der Waals surface area contributed by atoms with Crippen LogP contribution in [0.15, 0.2) is 48.5 Å². The fraction of sp³-hybridized carbons (Fsp3) is 0.111. The molecule has 0 radical (unpaired) electrons. The predicted molar refractivity (Wildman–Crippen MR) is 94.5 cm³/mol. The van der Waals surface area contributed by atoms with Crippen molar-refractivity contribution in [2.24, 2.45) is 0 Å². The second-order valence-electron chi connectivity index (χ2n) is 5.24. The lowest BCUT2D eigenvalue weighted by Gasteiger charge is -2.01. The second-order valence-corrected chi connectivity index (χ2v) is 6.24. The van der Waals surface area contributed by atoms with Gasteiger partial charge in [-0.05, 0) is 19.1 Å². The highest BCUT2D eigenvalue weighted by atomic mass is 32.1. The van der Waals surface area contributed by atoms with Crippen LogP contribution in [-0.2, 0) is 0 Å². The number of rotatable bonds is 4. The number of pyridine rings is 1. The lowest BCUT2D eigenvalue weighted by Crippen LogP contribution is -2.13. The first-order valence-corrected chi connectivity index (χ1v) is 8.18. The quantitative estimate of drug-likeness (QED) is 0.731. The second kappa shape index (κ2) is 6.72. The van der Waals surface area contributed by atoms with E-state index in [2.05, 4.69) is 15.3 Å². The molecule has 0 aliphatic heterocycles. The number of amides is 1. The largest absolute Gasteiger partial charge is 0.296 e. The molecule has 0 bridgehead atoms. The Morgan fingerprint density at radius 2 is 1.75 bits per heavy atom. The zero-order chi connectivity index (χ0) is 17.1. The highest BCUT2D eigenvalue weighted by molar-refractivity contribution is 7.18. The molecule has 0 atom stereocenters. The molecule has 0 aliphatic carbocycles. The van der Waals surface area contributed by atoms with Gasteiger partial charge in [0.05, 0.1) is 10.6 Å². The Bertz CT molecular complexity index is 904. The summed E-state index contributed by atoms with van der Waals surface area (Å²) in [4.78, 5) is 33.3. The fourth-order valence-corrected chi connectivity index (χ4v) is 3.11. The van der Waals surface area contributed by atoms with Gasteiger partial charge in [0.2, 0.25) is 0 Å². The summed E-state index contributed by atoms with van der Waals surface area (Å²) in [6, 6.07) is 14.7. The van der Waals surface area contributed by atoms with E-state index in [9.17, 15) is 9.59 Å². The van der Waals surface area contributed by atoms with Crippen molar-refractivity contribution in [2.45, 2.75) is 13.8 Å². The van der Waals surface area contributed by atoms with Gasteiger partial charge >= 0.3 is 0 Å². The molecule has 2 aromatic heterocycles. The Morgan fingerprint density at radius 1 is 1.00 bits per heavy atom. The highest BCUT2D eigenvalue weighted by Crippen LogP contribution is 2.31. The first kappa shape index (κ1) is 16.0. The van der Waals surface area contributed by atoms with Crippen LogP contribution < -0.4 is 5.32 Å². The Morgan fingerprint density at radius 3 is 2.42 bits per heavy atom. The number of aromatic nitrogens is 2. The van der Waals surface area contributed by atoms with Crippen molar-refractivity contribution in [1.29, 1.82) is 0 Å². The zero-order valence-electron chi connectivity index (χ0n) is 13.2. The van der Waals surface area contributed by atoms with E-state index in [0.29, 0.717) is 21.4 Å². The average Bonchev–Trinajstić information content (AvgIpc) is 3.00. The summed E-state index contributed by atoms with van der Waals surface area (Å²) in [7, 11) is 0. The standard InChI is InChI=1S/C18H15N3O2S/c1-11-7-6-10-14(19-11)17(23)21-18-20-15(16(24-18)12(2)22)13-8-4-3-5-9-13/h3-10H,1-2H3,(H,20,21,23). The molecule has 3 rings (SSSR count). The van der Waals surface area contributed by atoms with Gasteiger partial charge in [-0.25, -0.2) is 9.97 Å². The monoisotopic (exact) mass is 337 g/mol. The Kier molecular flexibility index (Phi) is 4.48. The Balaban J connectivity index is 1.92.